The first-order valence-corrected chi connectivity index (χ1v) is 4.10. The molecule has 1 saturated heterocycles. The Morgan fingerprint density at radius 1 is 1.43 bits per heavy atom. The first-order valence-electron chi connectivity index (χ1n) is 4.10. The summed E-state index contributed by atoms with van der Waals surface area (Å²) in [6.07, 6.45) is 0. The molecule has 1 heterocycles. The molecule has 1 aliphatic heterocycles. The summed E-state index contributed by atoms with van der Waals surface area (Å²) >= 11 is 0. The minimum absolute atomic E-state index is 0.172. The van der Waals surface area contributed by atoms with E-state index in [-0.39, 0.29) is 6.54 Å². The molecule has 1 rings (SSSR count). The molecule has 0 saturated carbocycles. The van der Waals surface area contributed by atoms with Gasteiger partial charge in [0.25, 0.3) is 5.91 Å². The van der Waals surface area contributed by atoms with Gasteiger partial charge in [-0.1, -0.05) is 0 Å². The van der Waals surface area contributed by atoms with E-state index in [1.54, 1.807) is 7.05 Å². The molecule has 1 fully saturated rings. The maximum Gasteiger partial charge on any atom is 0.312 e. The number of likely N-dealkylation sites (N-methyl/N-ethyl adjacent to an activating group) is 1. The number of nitrogens with zero attached hydrogens (tertiary/aromatic N) is 2. The van der Waals surface area contributed by atoms with Crippen LogP contribution < -0.4 is 11.3 Å². The molecule has 0 unspecified atom stereocenters. The zero-order valence-electron chi connectivity index (χ0n) is 7.82. The number of carbonyl (C=O) groups excluding carboxylic acids is 3. The van der Waals surface area contributed by atoms with E-state index >= 15 is 0 Å². The highest BCUT2D eigenvalue weighted by Gasteiger charge is 2.30. The van der Waals surface area contributed by atoms with Gasteiger partial charge in [0.2, 0.25) is 0 Å². The number of piperazine rings is 1. The lowest BCUT2D eigenvalue weighted by Gasteiger charge is -2.30. The topological polar surface area (TPSA) is 95.7 Å². The largest absolute Gasteiger partial charge is 0.336 e. The van der Waals surface area contributed by atoms with Crippen LogP contribution in [0.2, 0.25) is 0 Å². The fourth-order valence-electron chi connectivity index (χ4n) is 1.14. The van der Waals surface area contributed by atoms with E-state index in [0.29, 0.717) is 13.1 Å². The van der Waals surface area contributed by atoms with Crippen LogP contribution in [-0.2, 0) is 14.4 Å². The second-order valence-corrected chi connectivity index (χ2v) is 3.02. The highest BCUT2D eigenvalue weighted by atomic mass is 16.2. The molecule has 0 spiro atoms. The molecular weight excluding hydrogens is 188 g/mol. The van der Waals surface area contributed by atoms with Crippen LogP contribution in [0.3, 0.4) is 0 Å². The third-order valence-corrected chi connectivity index (χ3v) is 2.02. The van der Waals surface area contributed by atoms with Gasteiger partial charge >= 0.3 is 11.8 Å². The maximum atomic E-state index is 11.3. The zero-order chi connectivity index (χ0) is 10.7. The Balaban J connectivity index is 2.60. The van der Waals surface area contributed by atoms with Gasteiger partial charge in [-0.2, -0.15) is 0 Å². The van der Waals surface area contributed by atoms with Crippen molar-refractivity contribution in [3.05, 3.63) is 0 Å². The molecule has 7 nitrogen and oxygen atoms in total. The summed E-state index contributed by atoms with van der Waals surface area (Å²) in [7, 11) is 1.54. The smallest absolute Gasteiger partial charge is 0.312 e. The normalized spacial score (nSPS) is 17.3. The summed E-state index contributed by atoms with van der Waals surface area (Å²) in [4.78, 5) is 35.8. The van der Waals surface area contributed by atoms with E-state index < -0.39 is 17.7 Å². The number of nitrogens with one attached hydrogen (secondary N) is 1. The number of carbonyl (C=O) groups is 3. The number of nitrogens with two attached hydrogens (primary N) is 1. The van der Waals surface area contributed by atoms with Crippen molar-refractivity contribution in [2.45, 2.75) is 0 Å². The Morgan fingerprint density at radius 2 is 2.07 bits per heavy atom. The van der Waals surface area contributed by atoms with Gasteiger partial charge in [0.15, 0.2) is 0 Å². The van der Waals surface area contributed by atoms with Gasteiger partial charge in [-0.05, 0) is 0 Å². The quantitative estimate of drug-likeness (QED) is 0.219. The Kier molecular flexibility index (Phi) is 3.03. The average Bonchev–Trinajstić information content (AvgIpc) is 2.19. The lowest BCUT2D eigenvalue weighted by atomic mass is 10.3. The molecule has 0 aromatic rings. The predicted octanol–water partition coefficient (Wildman–Crippen LogP) is -2.72. The lowest BCUT2D eigenvalue weighted by Crippen LogP contribution is -2.55. The number of amides is 3. The lowest BCUT2D eigenvalue weighted by molar-refractivity contribution is -0.155. The van der Waals surface area contributed by atoms with Gasteiger partial charge in [0, 0.05) is 20.1 Å². The molecule has 0 radical (unpaired) electrons. The minimum Gasteiger partial charge on any atom is -0.336 e. The average molecular weight is 200 g/mol. The molecule has 3 amide bonds. The summed E-state index contributed by atoms with van der Waals surface area (Å²) < 4.78 is 0. The fraction of sp³-hybridized carbons (Fsp3) is 0.571. The Bertz CT molecular complexity index is 278. The Labute approximate surface area is 80.8 Å². The minimum atomic E-state index is -0.664. The molecule has 1 aliphatic rings. The van der Waals surface area contributed by atoms with E-state index in [2.05, 4.69) is 0 Å². The third-order valence-electron chi connectivity index (χ3n) is 2.02. The highest BCUT2D eigenvalue weighted by molar-refractivity contribution is 6.35. The standard InChI is InChI=1S/C7H12N4O3/c1-10-2-3-11(4-5(12)9-8)7(14)6(10)13/h2-4,8H2,1H3,(H,9,12). The molecule has 78 valence electrons. The van der Waals surface area contributed by atoms with E-state index in [1.165, 1.54) is 9.80 Å². The van der Waals surface area contributed by atoms with Crippen LogP contribution in [-0.4, -0.2) is 54.2 Å². The van der Waals surface area contributed by atoms with E-state index in [0.717, 1.165) is 0 Å². The van der Waals surface area contributed by atoms with E-state index in [4.69, 9.17) is 5.84 Å². The van der Waals surface area contributed by atoms with E-state index in [9.17, 15) is 14.4 Å². The second kappa shape index (κ2) is 4.05. The van der Waals surface area contributed by atoms with Crippen LogP contribution in [0, 0.1) is 0 Å². The van der Waals surface area contributed by atoms with Crippen LogP contribution in [0.5, 0.6) is 0 Å². The van der Waals surface area contributed by atoms with Crippen molar-refractivity contribution in [1.29, 1.82) is 0 Å². The molecule has 0 atom stereocenters. The Morgan fingerprint density at radius 3 is 2.64 bits per heavy atom. The van der Waals surface area contributed by atoms with Crippen LogP contribution in [0.1, 0.15) is 0 Å². The second-order valence-electron chi connectivity index (χ2n) is 3.02. The van der Waals surface area contributed by atoms with Gasteiger partial charge < -0.3 is 9.80 Å². The van der Waals surface area contributed by atoms with Crippen molar-refractivity contribution >= 4 is 17.7 Å². The highest BCUT2D eigenvalue weighted by Crippen LogP contribution is 2.01. The SMILES string of the molecule is CN1CCN(CC(=O)NN)C(=O)C1=O. The Hall–Kier alpha value is -1.63. The number of rotatable bonds is 2. The molecule has 3 N–H and O–H groups in total. The summed E-state index contributed by atoms with van der Waals surface area (Å²) in [5.41, 5.74) is 1.90. The molecule has 0 aromatic carbocycles. The fourth-order valence-corrected chi connectivity index (χ4v) is 1.14. The molecule has 7 heteroatoms. The summed E-state index contributed by atoms with van der Waals surface area (Å²) in [6.45, 7) is 0.617. The molecule has 0 bridgehead atoms. The van der Waals surface area contributed by atoms with Crippen molar-refractivity contribution in [2.24, 2.45) is 5.84 Å². The van der Waals surface area contributed by atoms with Crippen molar-refractivity contribution in [1.82, 2.24) is 15.2 Å². The predicted molar refractivity (Wildman–Crippen MR) is 46.5 cm³/mol. The van der Waals surface area contributed by atoms with Crippen molar-refractivity contribution < 1.29 is 14.4 Å². The monoisotopic (exact) mass is 200 g/mol. The molecule has 14 heavy (non-hydrogen) atoms. The van der Waals surface area contributed by atoms with Gasteiger partial charge in [-0.25, -0.2) is 5.84 Å². The third kappa shape index (κ3) is 1.99. The summed E-state index contributed by atoms with van der Waals surface area (Å²) in [6, 6.07) is 0. The molecular formula is C7H12N4O3. The zero-order valence-corrected chi connectivity index (χ0v) is 7.82. The van der Waals surface area contributed by atoms with Crippen molar-refractivity contribution in [3.63, 3.8) is 0 Å². The van der Waals surface area contributed by atoms with Gasteiger partial charge in [-0.15, -0.1) is 0 Å². The van der Waals surface area contributed by atoms with Gasteiger partial charge in [0.05, 0.1) is 0 Å². The van der Waals surface area contributed by atoms with Crippen LogP contribution in [0.25, 0.3) is 0 Å². The number of hydrogen-bond donors (Lipinski definition) is 2. The number of hydrazine groups is 1. The van der Waals surface area contributed by atoms with Gasteiger partial charge in [0.1, 0.15) is 6.54 Å². The first kappa shape index (κ1) is 10.5. The summed E-state index contributed by atoms with van der Waals surface area (Å²) in [5.74, 6) is 3.11. The molecule has 0 aliphatic carbocycles. The number of hydrogen-bond acceptors (Lipinski definition) is 4. The van der Waals surface area contributed by atoms with Crippen molar-refractivity contribution in [2.75, 3.05) is 26.7 Å². The maximum absolute atomic E-state index is 11.3. The van der Waals surface area contributed by atoms with Gasteiger partial charge in [-0.3, -0.25) is 19.8 Å². The molecule has 0 aromatic heterocycles. The summed E-state index contributed by atoms with van der Waals surface area (Å²) in [5, 5.41) is 0. The van der Waals surface area contributed by atoms with Crippen LogP contribution in [0.4, 0.5) is 0 Å². The van der Waals surface area contributed by atoms with Crippen LogP contribution >= 0.6 is 0 Å². The van der Waals surface area contributed by atoms with E-state index in [1.807, 2.05) is 5.43 Å². The van der Waals surface area contributed by atoms with Crippen molar-refractivity contribution in [3.8, 4) is 0 Å². The first-order chi connectivity index (χ1) is 6.56. The van der Waals surface area contributed by atoms with Crippen LogP contribution in [0.15, 0.2) is 0 Å².